The van der Waals surface area contributed by atoms with E-state index in [4.69, 9.17) is 4.74 Å². The molecule has 2 amide bonds. The van der Waals surface area contributed by atoms with Crippen molar-refractivity contribution < 1.29 is 31.9 Å². The zero-order valence-corrected chi connectivity index (χ0v) is 24.1. The van der Waals surface area contributed by atoms with Crippen LogP contribution < -0.4 is 20.9 Å². The van der Waals surface area contributed by atoms with Crippen LogP contribution in [0.2, 0.25) is 0 Å². The zero-order chi connectivity index (χ0) is 31.3. The SMILES string of the molecule is CCOc1cc(=O)[nH]cc1-c1ccc(CC(=O)Nc2cc(C(=O)NC3CCC(N(C)C)CC3)cc(C(F)(F)F)c2)c(F)c1. The lowest BCUT2D eigenvalue weighted by Gasteiger charge is -2.33. The van der Waals surface area contributed by atoms with Gasteiger partial charge in [-0.1, -0.05) is 12.1 Å². The van der Waals surface area contributed by atoms with Gasteiger partial charge in [0.1, 0.15) is 11.6 Å². The highest BCUT2D eigenvalue weighted by Crippen LogP contribution is 2.33. The number of halogens is 4. The van der Waals surface area contributed by atoms with Crippen LogP contribution in [-0.4, -0.2) is 54.5 Å². The molecule has 0 unspecified atom stereocenters. The van der Waals surface area contributed by atoms with E-state index in [-0.39, 0.29) is 40.8 Å². The molecular weight excluding hydrogens is 568 g/mol. The molecule has 0 radical (unpaired) electrons. The minimum Gasteiger partial charge on any atom is -0.493 e. The summed E-state index contributed by atoms with van der Waals surface area (Å²) in [5.41, 5.74) is -1.10. The summed E-state index contributed by atoms with van der Waals surface area (Å²) in [5.74, 6) is -1.89. The van der Waals surface area contributed by atoms with Crippen molar-refractivity contribution in [2.24, 2.45) is 0 Å². The largest absolute Gasteiger partial charge is 0.493 e. The summed E-state index contributed by atoms with van der Waals surface area (Å²) in [6.07, 6.45) is -0.708. The van der Waals surface area contributed by atoms with Gasteiger partial charge in [0.05, 0.1) is 18.6 Å². The summed E-state index contributed by atoms with van der Waals surface area (Å²) in [5, 5.41) is 5.19. The number of H-pyrrole nitrogens is 1. The van der Waals surface area contributed by atoms with E-state index in [1.165, 1.54) is 30.5 Å². The lowest BCUT2D eigenvalue weighted by Crippen LogP contribution is -2.41. The number of carbonyl (C=O) groups is 2. The Morgan fingerprint density at radius 2 is 1.77 bits per heavy atom. The van der Waals surface area contributed by atoms with E-state index in [9.17, 15) is 27.6 Å². The van der Waals surface area contributed by atoms with Crippen LogP contribution in [0.4, 0.5) is 23.2 Å². The van der Waals surface area contributed by atoms with Gasteiger partial charge < -0.3 is 25.3 Å². The number of hydrogen-bond acceptors (Lipinski definition) is 5. The first-order valence-electron chi connectivity index (χ1n) is 14.0. The molecule has 8 nitrogen and oxygen atoms in total. The average molecular weight is 603 g/mol. The van der Waals surface area contributed by atoms with Crippen molar-refractivity contribution in [2.45, 2.75) is 57.3 Å². The van der Waals surface area contributed by atoms with Gasteiger partial charge in [-0.25, -0.2) is 4.39 Å². The van der Waals surface area contributed by atoms with Crippen LogP contribution in [0.3, 0.4) is 0 Å². The minimum atomic E-state index is -4.76. The first-order chi connectivity index (χ1) is 20.3. The molecule has 4 rings (SSSR count). The van der Waals surface area contributed by atoms with Crippen molar-refractivity contribution in [1.82, 2.24) is 15.2 Å². The standard InChI is InChI=1S/C31H34F4N4O4/c1-4-43-27-16-28(40)36-17-25(27)18-5-6-19(26(32)13-18)14-29(41)37-23-12-20(11-21(15-23)31(33,34)35)30(42)38-22-7-9-24(10-8-22)39(2)3/h5-6,11-13,15-17,22,24H,4,7-10,14H2,1-3H3,(H,36,40)(H,37,41)(H,38,42). The Labute approximate surface area is 246 Å². The van der Waals surface area contributed by atoms with Gasteiger partial charge in [-0.2, -0.15) is 13.2 Å². The number of nitrogens with zero attached hydrogens (tertiary/aromatic N) is 1. The average Bonchev–Trinajstić information content (AvgIpc) is 2.94. The number of aromatic amines is 1. The van der Waals surface area contributed by atoms with Crippen LogP contribution in [0.15, 0.2) is 53.5 Å². The number of benzene rings is 2. The molecule has 230 valence electrons. The second kappa shape index (κ2) is 13.4. The molecule has 1 heterocycles. The third kappa shape index (κ3) is 8.22. The second-order valence-corrected chi connectivity index (χ2v) is 10.8. The Balaban J connectivity index is 1.48. The fourth-order valence-electron chi connectivity index (χ4n) is 5.19. The maximum Gasteiger partial charge on any atom is 0.416 e. The zero-order valence-electron chi connectivity index (χ0n) is 24.1. The Morgan fingerprint density at radius 3 is 2.40 bits per heavy atom. The van der Waals surface area contributed by atoms with E-state index in [1.807, 2.05) is 14.1 Å². The number of carbonyl (C=O) groups excluding carboxylic acids is 2. The number of hydrogen-bond donors (Lipinski definition) is 3. The van der Waals surface area contributed by atoms with Gasteiger partial charge in [-0.05, 0) is 82.1 Å². The van der Waals surface area contributed by atoms with Crippen LogP contribution in [0.5, 0.6) is 5.75 Å². The van der Waals surface area contributed by atoms with Crippen LogP contribution in [0, 0.1) is 5.82 Å². The number of rotatable bonds is 9. The maximum atomic E-state index is 15.0. The number of aromatic nitrogens is 1. The number of ether oxygens (including phenoxy) is 1. The number of alkyl halides is 3. The normalized spacial score (nSPS) is 17.0. The summed E-state index contributed by atoms with van der Waals surface area (Å²) < 4.78 is 61.5. The predicted octanol–water partition coefficient (Wildman–Crippen LogP) is 5.38. The van der Waals surface area contributed by atoms with Crippen molar-refractivity contribution in [1.29, 1.82) is 0 Å². The van der Waals surface area contributed by atoms with Gasteiger partial charge in [0, 0.05) is 41.2 Å². The predicted molar refractivity (Wildman–Crippen MR) is 155 cm³/mol. The Morgan fingerprint density at radius 1 is 1.05 bits per heavy atom. The fraction of sp³-hybridized carbons (Fsp3) is 0.387. The van der Waals surface area contributed by atoms with Crippen molar-refractivity contribution in [3.63, 3.8) is 0 Å². The van der Waals surface area contributed by atoms with Gasteiger partial charge in [0.2, 0.25) is 5.91 Å². The molecule has 1 saturated carbocycles. The van der Waals surface area contributed by atoms with Gasteiger partial charge >= 0.3 is 6.18 Å². The highest BCUT2D eigenvalue weighted by atomic mass is 19.4. The van der Waals surface area contributed by atoms with Crippen molar-refractivity contribution in [3.8, 4) is 16.9 Å². The Hall–Kier alpha value is -4.19. The molecule has 0 spiro atoms. The van der Waals surface area contributed by atoms with E-state index in [0.29, 0.717) is 30.0 Å². The van der Waals surface area contributed by atoms with E-state index >= 15 is 4.39 Å². The molecule has 0 saturated heterocycles. The number of amides is 2. The fourth-order valence-corrected chi connectivity index (χ4v) is 5.19. The summed E-state index contributed by atoms with van der Waals surface area (Å²) in [7, 11) is 3.97. The number of anilines is 1. The van der Waals surface area contributed by atoms with E-state index in [0.717, 1.165) is 25.0 Å². The molecule has 2 aromatic carbocycles. The monoisotopic (exact) mass is 602 g/mol. The van der Waals surface area contributed by atoms with Gasteiger partial charge in [0.25, 0.3) is 11.5 Å². The Kier molecular flexibility index (Phi) is 9.90. The first kappa shape index (κ1) is 31.7. The summed E-state index contributed by atoms with van der Waals surface area (Å²) in [4.78, 5) is 42.0. The van der Waals surface area contributed by atoms with Gasteiger partial charge in [-0.15, -0.1) is 0 Å². The lowest BCUT2D eigenvalue weighted by atomic mass is 9.90. The van der Waals surface area contributed by atoms with Crippen molar-refractivity contribution >= 4 is 17.5 Å². The molecule has 43 heavy (non-hydrogen) atoms. The first-order valence-corrected chi connectivity index (χ1v) is 14.0. The van der Waals surface area contributed by atoms with Crippen LogP contribution in [0.25, 0.3) is 11.1 Å². The molecule has 0 aliphatic heterocycles. The van der Waals surface area contributed by atoms with E-state index < -0.39 is 35.8 Å². The number of nitrogens with one attached hydrogen (secondary N) is 3. The second-order valence-electron chi connectivity index (χ2n) is 10.8. The minimum absolute atomic E-state index is 0.00176. The molecule has 1 aliphatic carbocycles. The molecule has 0 atom stereocenters. The molecule has 1 aromatic heterocycles. The molecule has 12 heteroatoms. The number of pyridine rings is 1. The van der Waals surface area contributed by atoms with Crippen LogP contribution >= 0.6 is 0 Å². The molecule has 0 bridgehead atoms. The van der Waals surface area contributed by atoms with Crippen LogP contribution in [0.1, 0.15) is 54.1 Å². The van der Waals surface area contributed by atoms with Crippen molar-refractivity contribution in [2.75, 3.05) is 26.0 Å². The van der Waals surface area contributed by atoms with Gasteiger partial charge in [0.15, 0.2) is 0 Å². The van der Waals surface area contributed by atoms with Crippen molar-refractivity contribution in [3.05, 3.63) is 81.5 Å². The smallest absolute Gasteiger partial charge is 0.416 e. The third-order valence-electron chi connectivity index (χ3n) is 7.47. The topological polar surface area (TPSA) is 104 Å². The molecule has 3 N–H and O–H groups in total. The van der Waals surface area contributed by atoms with E-state index in [1.54, 1.807) is 13.0 Å². The molecule has 1 aliphatic rings. The molecular formula is C31H34F4N4O4. The highest BCUT2D eigenvalue weighted by Gasteiger charge is 2.32. The summed E-state index contributed by atoms with van der Waals surface area (Å²) in [6, 6.07) is 8.24. The van der Waals surface area contributed by atoms with Crippen LogP contribution in [-0.2, 0) is 17.4 Å². The summed E-state index contributed by atoms with van der Waals surface area (Å²) >= 11 is 0. The maximum absolute atomic E-state index is 15.0. The van der Waals surface area contributed by atoms with E-state index in [2.05, 4.69) is 20.5 Å². The van der Waals surface area contributed by atoms with Gasteiger partial charge in [-0.3, -0.25) is 14.4 Å². The third-order valence-corrected chi connectivity index (χ3v) is 7.47. The Bertz CT molecular complexity index is 1530. The molecule has 3 aromatic rings. The summed E-state index contributed by atoms with van der Waals surface area (Å²) in [6.45, 7) is 2.03. The quantitative estimate of drug-likeness (QED) is 0.286. The molecule has 1 fully saturated rings. The lowest BCUT2D eigenvalue weighted by molar-refractivity contribution is -0.137. The highest BCUT2D eigenvalue weighted by molar-refractivity contribution is 5.98.